The third-order valence-corrected chi connectivity index (χ3v) is 3.68. The monoisotopic (exact) mass is 333 g/mol. The predicted molar refractivity (Wildman–Crippen MR) is 76.8 cm³/mol. The highest BCUT2D eigenvalue weighted by Crippen LogP contribution is 2.32. The van der Waals surface area contributed by atoms with Crippen LogP contribution in [-0.4, -0.2) is 30.3 Å². The van der Waals surface area contributed by atoms with Crippen molar-refractivity contribution in [2.45, 2.75) is 6.10 Å². The van der Waals surface area contributed by atoms with Crippen molar-refractivity contribution in [1.82, 2.24) is 25.2 Å². The van der Waals surface area contributed by atoms with E-state index in [-0.39, 0.29) is 0 Å². The number of nitrogens with one attached hydrogen (secondary N) is 1. The van der Waals surface area contributed by atoms with Crippen LogP contribution in [0.25, 0.3) is 11.3 Å². The zero-order valence-electron chi connectivity index (χ0n) is 10.7. The summed E-state index contributed by atoms with van der Waals surface area (Å²) in [4.78, 5) is 0. The molecule has 0 saturated heterocycles. The fourth-order valence-electron chi connectivity index (χ4n) is 2.12. The lowest BCUT2D eigenvalue weighted by molar-refractivity contribution is 0.209. The summed E-state index contributed by atoms with van der Waals surface area (Å²) in [6.07, 6.45) is 0.755. The highest BCUT2D eigenvalue weighted by molar-refractivity contribution is 9.10. The van der Waals surface area contributed by atoms with E-state index < -0.39 is 6.10 Å². The Morgan fingerprint density at radius 3 is 2.70 bits per heavy atom. The molecule has 3 aromatic rings. The smallest absolute Gasteiger partial charge is 0.154 e. The number of aromatic nitrogens is 5. The first-order chi connectivity index (χ1) is 9.68. The van der Waals surface area contributed by atoms with E-state index in [1.807, 2.05) is 30.3 Å². The van der Waals surface area contributed by atoms with Gasteiger partial charge in [0.15, 0.2) is 4.60 Å². The van der Waals surface area contributed by atoms with Gasteiger partial charge in [-0.05, 0) is 21.5 Å². The quantitative estimate of drug-likeness (QED) is 0.768. The van der Waals surface area contributed by atoms with Crippen LogP contribution in [-0.2, 0) is 7.05 Å². The van der Waals surface area contributed by atoms with E-state index in [0.717, 1.165) is 11.3 Å². The van der Waals surface area contributed by atoms with E-state index in [1.165, 1.54) is 4.68 Å². The molecule has 7 heteroatoms. The number of nitrogens with zero attached hydrogens (tertiary/aromatic N) is 4. The zero-order valence-corrected chi connectivity index (χ0v) is 12.2. The number of aryl methyl sites for hydroxylation is 1. The highest BCUT2D eigenvalue weighted by Gasteiger charge is 2.23. The van der Waals surface area contributed by atoms with Gasteiger partial charge >= 0.3 is 0 Å². The SMILES string of the molecule is Cn1nnc(Br)c1C(O)c1cn[nH]c1-c1ccccc1. The van der Waals surface area contributed by atoms with Crippen LogP contribution in [0.2, 0.25) is 0 Å². The first-order valence-electron chi connectivity index (χ1n) is 6.00. The van der Waals surface area contributed by atoms with Crippen molar-refractivity contribution in [3.8, 4) is 11.3 Å². The first-order valence-corrected chi connectivity index (χ1v) is 6.79. The lowest BCUT2D eigenvalue weighted by Gasteiger charge is -2.11. The molecular weight excluding hydrogens is 322 g/mol. The molecular formula is C13H12BrN5O. The molecule has 0 aliphatic carbocycles. The van der Waals surface area contributed by atoms with E-state index in [9.17, 15) is 5.11 Å². The maximum absolute atomic E-state index is 10.6. The van der Waals surface area contributed by atoms with Crippen molar-refractivity contribution in [3.63, 3.8) is 0 Å². The van der Waals surface area contributed by atoms with Gasteiger partial charge in [-0.25, -0.2) is 4.68 Å². The largest absolute Gasteiger partial charge is 0.382 e. The van der Waals surface area contributed by atoms with Crippen LogP contribution in [0.4, 0.5) is 0 Å². The van der Waals surface area contributed by atoms with Gasteiger partial charge in [0.1, 0.15) is 11.8 Å². The molecule has 2 N–H and O–H groups in total. The van der Waals surface area contributed by atoms with Gasteiger partial charge in [0.2, 0.25) is 0 Å². The van der Waals surface area contributed by atoms with Crippen molar-refractivity contribution in [2.24, 2.45) is 7.05 Å². The topological polar surface area (TPSA) is 79.6 Å². The van der Waals surface area contributed by atoms with Crippen molar-refractivity contribution in [2.75, 3.05) is 0 Å². The second-order valence-corrected chi connectivity index (χ2v) is 5.11. The molecule has 0 fully saturated rings. The van der Waals surface area contributed by atoms with Crippen LogP contribution in [0, 0.1) is 0 Å². The van der Waals surface area contributed by atoms with E-state index in [2.05, 4.69) is 36.4 Å². The lowest BCUT2D eigenvalue weighted by atomic mass is 10.0. The molecule has 0 amide bonds. The molecule has 1 atom stereocenters. The molecule has 2 aromatic heterocycles. The third-order valence-electron chi connectivity index (χ3n) is 3.11. The maximum Gasteiger partial charge on any atom is 0.154 e. The van der Waals surface area contributed by atoms with Crippen molar-refractivity contribution >= 4 is 15.9 Å². The van der Waals surface area contributed by atoms with E-state index in [4.69, 9.17) is 0 Å². The van der Waals surface area contributed by atoms with Gasteiger partial charge in [-0.3, -0.25) is 5.10 Å². The Morgan fingerprint density at radius 2 is 2.05 bits per heavy atom. The Morgan fingerprint density at radius 1 is 1.30 bits per heavy atom. The molecule has 0 spiro atoms. The van der Waals surface area contributed by atoms with Gasteiger partial charge in [-0.2, -0.15) is 5.10 Å². The molecule has 102 valence electrons. The molecule has 0 bridgehead atoms. The van der Waals surface area contributed by atoms with Crippen molar-refractivity contribution in [1.29, 1.82) is 0 Å². The zero-order chi connectivity index (χ0) is 14.1. The molecule has 0 radical (unpaired) electrons. The number of rotatable bonds is 3. The summed E-state index contributed by atoms with van der Waals surface area (Å²) in [6, 6.07) is 9.74. The number of aromatic amines is 1. The summed E-state index contributed by atoms with van der Waals surface area (Å²) >= 11 is 3.30. The Bertz CT molecular complexity index is 702. The number of hydrogen-bond donors (Lipinski definition) is 2. The van der Waals surface area contributed by atoms with E-state index in [1.54, 1.807) is 13.2 Å². The van der Waals surface area contributed by atoms with E-state index in [0.29, 0.717) is 15.9 Å². The molecule has 20 heavy (non-hydrogen) atoms. The number of hydrogen-bond acceptors (Lipinski definition) is 4. The van der Waals surface area contributed by atoms with Gasteiger partial charge in [0.25, 0.3) is 0 Å². The van der Waals surface area contributed by atoms with Crippen LogP contribution >= 0.6 is 15.9 Å². The van der Waals surface area contributed by atoms with Gasteiger partial charge < -0.3 is 5.11 Å². The molecule has 2 heterocycles. The minimum Gasteiger partial charge on any atom is -0.382 e. The molecule has 0 saturated carbocycles. The van der Waals surface area contributed by atoms with Crippen LogP contribution < -0.4 is 0 Å². The number of halogens is 1. The van der Waals surface area contributed by atoms with E-state index >= 15 is 0 Å². The molecule has 0 aliphatic heterocycles. The van der Waals surface area contributed by atoms with Gasteiger partial charge in [-0.15, -0.1) is 5.10 Å². The summed E-state index contributed by atoms with van der Waals surface area (Å²) in [7, 11) is 1.73. The number of aliphatic hydroxyl groups excluding tert-OH is 1. The fraction of sp³-hybridized carbons (Fsp3) is 0.154. The molecule has 3 rings (SSSR count). The Kier molecular flexibility index (Phi) is 3.37. The normalized spacial score (nSPS) is 12.6. The van der Waals surface area contributed by atoms with Crippen LogP contribution in [0.3, 0.4) is 0 Å². The average Bonchev–Trinajstić information content (AvgIpc) is 3.07. The van der Waals surface area contributed by atoms with Crippen LogP contribution in [0.15, 0.2) is 41.1 Å². The highest BCUT2D eigenvalue weighted by atomic mass is 79.9. The van der Waals surface area contributed by atoms with Crippen LogP contribution in [0.1, 0.15) is 17.4 Å². The fourth-order valence-corrected chi connectivity index (χ4v) is 2.66. The third kappa shape index (κ3) is 2.14. The second-order valence-electron chi connectivity index (χ2n) is 4.36. The number of benzene rings is 1. The summed E-state index contributed by atoms with van der Waals surface area (Å²) in [5.74, 6) is 0. The summed E-state index contributed by atoms with van der Waals surface area (Å²) in [5.41, 5.74) is 3.02. The van der Waals surface area contributed by atoms with Gasteiger partial charge in [0, 0.05) is 12.6 Å². The minimum absolute atomic E-state index is 0.521. The van der Waals surface area contributed by atoms with Gasteiger partial charge in [-0.1, -0.05) is 35.5 Å². The molecule has 6 nitrogen and oxygen atoms in total. The second kappa shape index (κ2) is 5.18. The Balaban J connectivity index is 2.06. The average molecular weight is 334 g/mol. The van der Waals surface area contributed by atoms with Gasteiger partial charge in [0.05, 0.1) is 11.9 Å². The lowest BCUT2D eigenvalue weighted by Crippen LogP contribution is -2.07. The molecule has 1 aromatic carbocycles. The standard InChI is InChI=1S/C13H12BrN5O/c1-19-11(13(14)17-18-19)12(20)9-7-15-16-10(9)8-5-3-2-4-6-8/h2-7,12,20H,1H3,(H,15,16). The van der Waals surface area contributed by atoms with Crippen molar-refractivity contribution in [3.05, 3.63) is 52.4 Å². The molecule has 1 unspecified atom stereocenters. The molecule has 0 aliphatic rings. The first kappa shape index (κ1) is 13.0. The minimum atomic E-state index is -0.863. The Hall–Kier alpha value is -1.99. The summed E-state index contributed by atoms with van der Waals surface area (Å²) < 4.78 is 2.06. The van der Waals surface area contributed by atoms with Crippen molar-refractivity contribution < 1.29 is 5.11 Å². The van der Waals surface area contributed by atoms with Crippen LogP contribution in [0.5, 0.6) is 0 Å². The Labute approximate surface area is 123 Å². The number of H-pyrrole nitrogens is 1. The maximum atomic E-state index is 10.6. The predicted octanol–water partition coefficient (Wildman–Crippen LogP) is 2.05. The summed E-state index contributed by atoms with van der Waals surface area (Å²) in [5, 5.41) is 25.3. The summed E-state index contributed by atoms with van der Waals surface area (Å²) in [6.45, 7) is 0. The number of aliphatic hydroxyl groups is 1.